The van der Waals surface area contributed by atoms with Crippen LogP contribution in [0, 0.1) is 5.92 Å². The predicted octanol–water partition coefficient (Wildman–Crippen LogP) is 2.48. The van der Waals surface area contributed by atoms with Crippen molar-refractivity contribution in [3.05, 3.63) is 12.8 Å². The minimum absolute atomic E-state index is 0.242. The highest BCUT2D eigenvalue weighted by atomic mass is 16.5. The van der Waals surface area contributed by atoms with Gasteiger partial charge in [-0.05, 0) is 38.0 Å². The first kappa shape index (κ1) is 6.26. The maximum atomic E-state index is 5.55. The van der Waals surface area contributed by atoms with Crippen molar-refractivity contribution >= 4 is 0 Å². The molecule has 0 heterocycles. The van der Waals surface area contributed by atoms with E-state index in [1.807, 2.05) is 0 Å². The average Bonchev–Trinajstić information content (AvgIpc) is 2.46. The normalized spacial score (nSPS) is 43.8. The van der Waals surface area contributed by atoms with Gasteiger partial charge in [0.2, 0.25) is 0 Å². The fraction of sp³-hybridized carbons (Fsp3) is 0.778. The summed E-state index contributed by atoms with van der Waals surface area (Å²) in [7, 11) is 0. The van der Waals surface area contributed by atoms with E-state index in [0.717, 1.165) is 5.92 Å². The molecule has 2 aliphatic rings. The Morgan fingerprint density at radius 2 is 2.10 bits per heavy atom. The van der Waals surface area contributed by atoms with Gasteiger partial charge in [-0.3, -0.25) is 0 Å². The molecule has 0 unspecified atom stereocenters. The van der Waals surface area contributed by atoms with Crippen LogP contribution in [0.1, 0.15) is 32.1 Å². The third-order valence-corrected chi connectivity index (χ3v) is 3.01. The Morgan fingerprint density at radius 3 is 2.50 bits per heavy atom. The number of hydrogen-bond donors (Lipinski definition) is 0. The zero-order valence-corrected chi connectivity index (χ0v) is 6.31. The number of ether oxygens (including phenoxy) is 1. The number of fused-ring (bicyclic) bond motifs is 2. The minimum atomic E-state index is 0.242. The van der Waals surface area contributed by atoms with Crippen LogP contribution in [0.5, 0.6) is 0 Å². The van der Waals surface area contributed by atoms with E-state index < -0.39 is 0 Å². The molecule has 2 saturated carbocycles. The van der Waals surface area contributed by atoms with Gasteiger partial charge in [0.1, 0.15) is 5.60 Å². The second kappa shape index (κ2) is 2.01. The van der Waals surface area contributed by atoms with Crippen molar-refractivity contribution in [2.24, 2.45) is 5.92 Å². The molecule has 2 bridgehead atoms. The fourth-order valence-electron chi connectivity index (χ4n) is 2.48. The first-order valence-electron chi connectivity index (χ1n) is 4.13. The van der Waals surface area contributed by atoms with Crippen molar-refractivity contribution in [1.29, 1.82) is 0 Å². The van der Waals surface area contributed by atoms with E-state index in [-0.39, 0.29) is 5.60 Å². The second-order valence-electron chi connectivity index (χ2n) is 3.62. The summed E-state index contributed by atoms with van der Waals surface area (Å²) in [6, 6.07) is 0. The lowest BCUT2D eigenvalue weighted by atomic mass is 9.97. The van der Waals surface area contributed by atoms with E-state index in [0.29, 0.717) is 0 Å². The first-order chi connectivity index (χ1) is 4.85. The van der Waals surface area contributed by atoms with Crippen molar-refractivity contribution in [3.8, 4) is 0 Å². The Morgan fingerprint density at radius 1 is 1.40 bits per heavy atom. The summed E-state index contributed by atoms with van der Waals surface area (Å²) < 4.78 is 5.55. The zero-order chi connectivity index (χ0) is 7.03. The van der Waals surface area contributed by atoms with Crippen LogP contribution in [-0.2, 0) is 4.74 Å². The average molecular weight is 138 g/mol. The van der Waals surface area contributed by atoms with Crippen molar-refractivity contribution in [2.75, 3.05) is 0 Å². The molecule has 0 spiro atoms. The van der Waals surface area contributed by atoms with Gasteiger partial charge in [0, 0.05) is 0 Å². The van der Waals surface area contributed by atoms with E-state index in [4.69, 9.17) is 4.74 Å². The van der Waals surface area contributed by atoms with Crippen LogP contribution < -0.4 is 0 Å². The van der Waals surface area contributed by atoms with Crippen LogP contribution in [0.3, 0.4) is 0 Å². The van der Waals surface area contributed by atoms with Crippen molar-refractivity contribution in [3.63, 3.8) is 0 Å². The smallest absolute Gasteiger partial charge is 0.108 e. The van der Waals surface area contributed by atoms with Gasteiger partial charge in [0.25, 0.3) is 0 Å². The van der Waals surface area contributed by atoms with Crippen LogP contribution in [0.15, 0.2) is 12.8 Å². The monoisotopic (exact) mass is 138 g/mol. The molecule has 0 aromatic heterocycles. The van der Waals surface area contributed by atoms with E-state index in [9.17, 15) is 0 Å². The van der Waals surface area contributed by atoms with Crippen molar-refractivity contribution in [2.45, 2.75) is 37.7 Å². The lowest BCUT2D eigenvalue weighted by Gasteiger charge is -2.25. The topological polar surface area (TPSA) is 9.23 Å². The predicted molar refractivity (Wildman–Crippen MR) is 40.6 cm³/mol. The molecule has 0 radical (unpaired) electrons. The zero-order valence-electron chi connectivity index (χ0n) is 6.31. The number of hydrogen-bond acceptors (Lipinski definition) is 1. The molecule has 0 aromatic rings. The third-order valence-electron chi connectivity index (χ3n) is 3.01. The summed E-state index contributed by atoms with van der Waals surface area (Å²) in [5.41, 5.74) is 0.242. The Hall–Kier alpha value is -0.460. The highest BCUT2D eigenvalue weighted by Crippen LogP contribution is 2.49. The summed E-state index contributed by atoms with van der Waals surface area (Å²) in [6.07, 6.45) is 8.21. The van der Waals surface area contributed by atoms with E-state index in [2.05, 4.69) is 6.58 Å². The van der Waals surface area contributed by atoms with Gasteiger partial charge >= 0.3 is 0 Å². The summed E-state index contributed by atoms with van der Waals surface area (Å²) in [5.74, 6) is 0.972. The highest BCUT2D eigenvalue weighted by Gasteiger charge is 2.45. The fourth-order valence-corrected chi connectivity index (χ4v) is 2.48. The summed E-state index contributed by atoms with van der Waals surface area (Å²) in [5, 5.41) is 0. The maximum absolute atomic E-state index is 5.55. The van der Waals surface area contributed by atoms with Gasteiger partial charge in [0.05, 0.1) is 6.26 Å². The highest BCUT2D eigenvalue weighted by molar-refractivity contribution is 4.98. The lowest BCUT2D eigenvalue weighted by molar-refractivity contribution is 0.0328. The summed E-state index contributed by atoms with van der Waals surface area (Å²) in [6.45, 7) is 3.61. The van der Waals surface area contributed by atoms with E-state index in [1.54, 1.807) is 6.26 Å². The Balaban J connectivity index is 2.07. The van der Waals surface area contributed by atoms with Crippen LogP contribution in [0.2, 0.25) is 0 Å². The molecule has 2 fully saturated rings. The molecule has 0 aliphatic heterocycles. The SMILES string of the molecule is C=COC12CCC(CC1)C2. The molecule has 2 rings (SSSR count). The van der Waals surface area contributed by atoms with Gasteiger partial charge in [-0.2, -0.15) is 0 Å². The summed E-state index contributed by atoms with van der Waals surface area (Å²) in [4.78, 5) is 0. The maximum Gasteiger partial charge on any atom is 0.108 e. The molecule has 0 atom stereocenters. The van der Waals surface area contributed by atoms with Gasteiger partial charge in [0.15, 0.2) is 0 Å². The Bertz CT molecular complexity index is 143. The molecule has 0 aromatic carbocycles. The van der Waals surface area contributed by atoms with Gasteiger partial charge < -0.3 is 4.74 Å². The second-order valence-corrected chi connectivity index (χ2v) is 3.62. The van der Waals surface area contributed by atoms with Crippen LogP contribution in [-0.4, -0.2) is 5.60 Å². The van der Waals surface area contributed by atoms with Crippen LogP contribution in [0.25, 0.3) is 0 Å². The molecule has 0 amide bonds. The van der Waals surface area contributed by atoms with Gasteiger partial charge in [-0.1, -0.05) is 6.58 Å². The molecular weight excluding hydrogens is 124 g/mol. The minimum Gasteiger partial charge on any atom is -0.496 e. The molecule has 1 nitrogen and oxygen atoms in total. The van der Waals surface area contributed by atoms with Crippen LogP contribution in [0.4, 0.5) is 0 Å². The Kier molecular flexibility index (Phi) is 1.26. The van der Waals surface area contributed by atoms with Gasteiger partial charge in [-0.25, -0.2) is 0 Å². The van der Waals surface area contributed by atoms with E-state index in [1.165, 1.54) is 32.1 Å². The number of rotatable bonds is 2. The van der Waals surface area contributed by atoms with Crippen molar-refractivity contribution in [1.82, 2.24) is 0 Å². The van der Waals surface area contributed by atoms with Crippen molar-refractivity contribution < 1.29 is 4.74 Å². The molecule has 0 N–H and O–H groups in total. The molecule has 56 valence electrons. The van der Waals surface area contributed by atoms with Crippen LogP contribution >= 0.6 is 0 Å². The van der Waals surface area contributed by atoms with Gasteiger partial charge in [-0.15, -0.1) is 0 Å². The molecular formula is C9H14O. The largest absolute Gasteiger partial charge is 0.496 e. The summed E-state index contributed by atoms with van der Waals surface area (Å²) >= 11 is 0. The molecule has 10 heavy (non-hydrogen) atoms. The Labute approximate surface area is 62.1 Å². The first-order valence-corrected chi connectivity index (χ1v) is 4.13. The standard InChI is InChI=1S/C9H14O/c1-2-10-9-5-3-8(7-9)4-6-9/h2,8H,1,3-7H2. The van der Waals surface area contributed by atoms with E-state index >= 15 is 0 Å². The lowest BCUT2D eigenvalue weighted by Crippen LogP contribution is -2.23. The third kappa shape index (κ3) is 0.764. The molecule has 1 heteroatoms. The molecule has 2 aliphatic carbocycles. The molecule has 0 saturated heterocycles. The quantitative estimate of drug-likeness (QED) is 0.533.